The summed E-state index contributed by atoms with van der Waals surface area (Å²) in [5, 5.41) is 7.56. The molecule has 2 saturated heterocycles. The van der Waals surface area contributed by atoms with Gasteiger partial charge in [0, 0.05) is 19.1 Å². The first-order valence-electron chi connectivity index (χ1n) is 6.49. The summed E-state index contributed by atoms with van der Waals surface area (Å²) in [6.45, 7) is 4.89. The Bertz CT molecular complexity index is 374. The van der Waals surface area contributed by atoms with Crippen LogP contribution < -0.4 is 5.32 Å². The lowest BCUT2D eigenvalue weighted by Crippen LogP contribution is -2.18. The van der Waals surface area contributed by atoms with Crippen LogP contribution in [0.2, 0.25) is 0 Å². The first kappa shape index (κ1) is 11.2. The Morgan fingerprint density at radius 1 is 1.24 bits per heavy atom. The summed E-state index contributed by atoms with van der Waals surface area (Å²) in [4.78, 5) is 4.57. The minimum absolute atomic E-state index is 0.246. The number of hydrogen-bond acceptors (Lipinski definition) is 5. The normalized spacial score (nSPS) is 30.9. The molecule has 2 aliphatic rings. The van der Waals surface area contributed by atoms with Crippen LogP contribution in [0.3, 0.4) is 0 Å². The fourth-order valence-electron chi connectivity index (χ4n) is 2.66. The zero-order valence-corrected chi connectivity index (χ0v) is 10.2. The highest BCUT2D eigenvalue weighted by Gasteiger charge is 2.30. The summed E-state index contributed by atoms with van der Waals surface area (Å²) in [5.74, 6) is 2.62. The number of nitrogens with zero attached hydrogens (tertiary/aromatic N) is 2. The third-order valence-corrected chi connectivity index (χ3v) is 3.84. The Labute approximate surface area is 101 Å². The Kier molecular flexibility index (Phi) is 3.11. The maximum absolute atomic E-state index is 5.41. The maximum atomic E-state index is 5.41. The van der Waals surface area contributed by atoms with Crippen LogP contribution in [0.5, 0.6) is 0 Å². The molecular weight excluding hydrogens is 218 g/mol. The van der Waals surface area contributed by atoms with Crippen molar-refractivity contribution in [2.45, 2.75) is 38.1 Å². The summed E-state index contributed by atoms with van der Waals surface area (Å²) in [7, 11) is 0. The molecule has 5 heteroatoms. The molecule has 1 aromatic heterocycles. The first-order valence-corrected chi connectivity index (χ1v) is 6.49. The molecule has 5 nitrogen and oxygen atoms in total. The van der Waals surface area contributed by atoms with Gasteiger partial charge in [-0.3, -0.25) is 0 Å². The quantitative estimate of drug-likeness (QED) is 0.847. The van der Waals surface area contributed by atoms with E-state index in [2.05, 4.69) is 22.4 Å². The van der Waals surface area contributed by atoms with E-state index in [-0.39, 0.29) is 6.04 Å². The van der Waals surface area contributed by atoms with E-state index in [1.54, 1.807) is 0 Å². The second-order valence-corrected chi connectivity index (χ2v) is 5.08. The second-order valence-electron chi connectivity index (χ2n) is 5.08. The minimum atomic E-state index is 0.246. The van der Waals surface area contributed by atoms with Crippen molar-refractivity contribution in [3.8, 4) is 0 Å². The van der Waals surface area contributed by atoms with Crippen LogP contribution in [0.15, 0.2) is 4.52 Å². The summed E-state index contributed by atoms with van der Waals surface area (Å²) in [6, 6.07) is 0.246. The van der Waals surface area contributed by atoms with Gasteiger partial charge < -0.3 is 14.6 Å². The van der Waals surface area contributed by atoms with Gasteiger partial charge in [-0.2, -0.15) is 4.98 Å². The van der Waals surface area contributed by atoms with E-state index in [0.29, 0.717) is 11.8 Å². The van der Waals surface area contributed by atoms with Crippen LogP contribution in [-0.2, 0) is 4.74 Å². The predicted molar refractivity (Wildman–Crippen MR) is 61.6 cm³/mol. The third-order valence-electron chi connectivity index (χ3n) is 3.84. The first-order chi connectivity index (χ1) is 8.34. The molecule has 2 atom stereocenters. The van der Waals surface area contributed by atoms with E-state index in [9.17, 15) is 0 Å². The van der Waals surface area contributed by atoms with E-state index < -0.39 is 0 Å². The van der Waals surface area contributed by atoms with Crippen LogP contribution >= 0.6 is 0 Å². The van der Waals surface area contributed by atoms with Crippen molar-refractivity contribution in [2.24, 2.45) is 5.92 Å². The second kappa shape index (κ2) is 4.74. The molecule has 2 aliphatic heterocycles. The number of rotatable bonds is 2. The van der Waals surface area contributed by atoms with Crippen LogP contribution in [0.1, 0.15) is 49.9 Å². The van der Waals surface area contributed by atoms with Gasteiger partial charge in [0.1, 0.15) is 0 Å². The molecule has 2 fully saturated rings. The van der Waals surface area contributed by atoms with Gasteiger partial charge in [-0.15, -0.1) is 0 Å². The fourth-order valence-corrected chi connectivity index (χ4v) is 2.66. The molecule has 0 aromatic carbocycles. The van der Waals surface area contributed by atoms with Gasteiger partial charge in [0.15, 0.2) is 5.82 Å². The smallest absolute Gasteiger partial charge is 0.244 e. The Morgan fingerprint density at radius 3 is 2.76 bits per heavy atom. The Hall–Kier alpha value is -0.940. The SMILES string of the molecule is CC1CCNC1c1nc(C2CCOCC2)no1. The molecule has 0 saturated carbocycles. The number of nitrogens with one attached hydrogen (secondary N) is 1. The highest BCUT2D eigenvalue weighted by molar-refractivity contribution is 5.02. The topological polar surface area (TPSA) is 60.2 Å². The number of aromatic nitrogens is 2. The Morgan fingerprint density at radius 2 is 2.06 bits per heavy atom. The van der Waals surface area contributed by atoms with E-state index in [1.807, 2.05) is 0 Å². The molecule has 94 valence electrons. The molecule has 3 heterocycles. The molecule has 0 bridgehead atoms. The van der Waals surface area contributed by atoms with Crippen LogP contribution in [0.4, 0.5) is 0 Å². The third kappa shape index (κ3) is 2.21. The monoisotopic (exact) mass is 237 g/mol. The van der Waals surface area contributed by atoms with Gasteiger partial charge in [0.25, 0.3) is 0 Å². The molecule has 0 aliphatic carbocycles. The van der Waals surface area contributed by atoms with Gasteiger partial charge in [0.2, 0.25) is 5.89 Å². The van der Waals surface area contributed by atoms with Crippen molar-refractivity contribution in [1.82, 2.24) is 15.5 Å². The Balaban J connectivity index is 1.73. The molecule has 1 N–H and O–H groups in total. The zero-order valence-electron chi connectivity index (χ0n) is 10.2. The summed E-state index contributed by atoms with van der Waals surface area (Å²) >= 11 is 0. The van der Waals surface area contributed by atoms with Crippen LogP contribution in [0, 0.1) is 5.92 Å². The summed E-state index contributed by atoms with van der Waals surface area (Å²) < 4.78 is 10.8. The van der Waals surface area contributed by atoms with E-state index in [1.165, 1.54) is 6.42 Å². The standard InChI is InChI=1S/C12H19N3O2/c1-8-2-5-13-10(8)12-14-11(15-17-12)9-3-6-16-7-4-9/h8-10,13H,2-7H2,1H3. The predicted octanol–water partition coefficient (Wildman–Crippen LogP) is 1.63. The molecule has 2 unspecified atom stereocenters. The van der Waals surface area contributed by atoms with Crippen molar-refractivity contribution in [3.05, 3.63) is 11.7 Å². The summed E-state index contributed by atoms with van der Waals surface area (Å²) in [6.07, 6.45) is 3.19. The van der Waals surface area contributed by atoms with Crippen molar-refractivity contribution in [2.75, 3.05) is 19.8 Å². The van der Waals surface area contributed by atoms with Crippen LogP contribution in [-0.4, -0.2) is 29.9 Å². The van der Waals surface area contributed by atoms with E-state index in [4.69, 9.17) is 9.26 Å². The zero-order chi connectivity index (χ0) is 11.7. The molecule has 17 heavy (non-hydrogen) atoms. The van der Waals surface area contributed by atoms with Gasteiger partial charge in [-0.25, -0.2) is 0 Å². The molecule has 3 rings (SSSR count). The lowest BCUT2D eigenvalue weighted by Gasteiger charge is -2.18. The molecular formula is C12H19N3O2. The molecule has 0 radical (unpaired) electrons. The number of hydrogen-bond donors (Lipinski definition) is 1. The molecule has 1 aromatic rings. The summed E-state index contributed by atoms with van der Waals surface area (Å²) in [5.41, 5.74) is 0. The van der Waals surface area contributed by atoms with Crippen molar-refractivity contribution in [1.29, 1.82) is 0 Å². The lowest BCUT2D eigenvalue weighted by molar-refractivity contribution is 0.0830. The lowest BCUT2D eigenvalue weighted by atomic mass is 9.99. The number of ether oxygens (including phenoxy) is 1. The van der Waals surface area contributed by atoms with Crippen molar-refractivity contribution in [3.63, 3.8) is 0 Å². The van der Waals surface area contributed by atoms with Gasteiger partial charge in [-0.05, 0) is 31.7 Å². The fraction of sp³-hybridized carbons (Fsp3) is 0.833. The van der Waals surface area contributed by atoms with Gasteiger partial charge in [-0.1, -0.05) is 12.1 Å². The molecule has 0 amide bonds. The average molecular weight is 237 g/mol. The largest absolute Gasteiger partial charge is 0.381 e. The highest BCUT2D eigenvalue weighted by Crippen LogP contribution is 2.30. The van der Waals surface area contributed by atoms with Gasteiger partial charge in [0.05, 0.1) is 6.04 Å². The van der Waals surface area contributed by atoms with Crippen molar-refractivity contribution < 1.29 is 9.26 Å². The van der Waals surface area contributed by atoms with Crippen molar-refractivity contribution >= 4 is 0 Å². The minimum Gasteiger partial charge on any atom is -0.381 e. The van der Waals surface area contributed by atoms with E-state index in [0.717, 1.165) is 44.3 Å². The average Bonchev–Trinajstić information content (AvgIpc) is 2.98. The van der Waals surface area contributed by atoms with Gasteiger partial charge >= 0.3 is 0 Å². The maximum Gasteiger partial charge on any atom is 0.244 e. The molecule has 0 spiro atoms. The van der Waals surface area contributed by atoms with Crippen LogP contribution in [0.25, 0.3) is 0 Å². The van der Waals surface area contributed by atoms with E-state index >= 15 is 0 Å². The highest BCUT2D eigenvalue weighted by atomic mass is 16.5.